The molecule has 1 unspecified atom stereocenters. The zero-order chi connectivity index (χ0) is 16.2. The van der Waals surface area contributed by atoms with Crippen molar-refractivity contribution in [3.05, 3.63) is 59.7 Å². The van der Waals surface area contributed by atoms with Crippen molar-refractivity contribution in [1.82, 2.24) is 4.90 Å². The SMILES string of the molecule is CC(C)OCC(O)CN1Cc2ccccc2-c2ccccc2C1. The van der Waals surface area contributed by atoms with E-state index >= 15 is 0 Å². The molecule has 1 N–H and O–H groups in total. The quantitative estimate of drug-likeness (QED) is 0.918. The zero-order valence-corrected chi connectivity index (χ0v) is 13.9. The van der Waals surface area contributed by atoms with Gasteiger partial charge >= 0.3 is 0 Å². The predicted molar refractivity (Wildman–Crippen MR) is 93.1 cm³/mol. The van der Waals surface area contributed by atoms with Crippen molar-refractivity contribution in [3.63, 3.8) is 0 Å². The Morgan fingerprint density at radius 2 is 1.48 bits per heavy atom. The number of aliphatic hydroxyl groups is 1. The molecule has 1 atom stereocenters. The topological polar surface area (TPSA) is 32.7 Å². The van der Waals surface area contributed by atoms with E-state index in [2.05, 4.69) is 53.4 Å². The van der Waals surface area contributed by atoms with Crippen LogP contribution in [-0.4, -0.2) is 35.4 Å². The number of ether oxygens (including phenoxy) is 1. The minimum Gasteiger partial charge on any atom is -0.389 e. The maximum Gasteiger partial charge on any atom is 0.0900 e. The van der Waals surface area contributed by atoms with E-state index in [1.165, 1.54) is 22.3 Å². The first-order valence-corrected chi connectivity index (χ1v) is 8.31. The fourth-order valence-corrected chi connectivity index (χ4v) is 3.16. The lowest BCUT2D eigenvalue weighted by molar-refractivity contribution is -0.0105. The van der Waals surface area contributed by atoms with Crippen LogP contribution in [0.5, 0.6) is 0 Å². The van der Waals surface area contributed by atoms with Gasteiger partial charge in [-0.05, 0) is 36.1 Å². The highest BCUT2D eigenvalue weighted by Gasteiger charge is 2.20. The van der Waals surface area contributed by atoms with Gasteiger partial charge in [0.2, 0.25) is 0 Å². The zero-order valence-electron chi connectivity index (χ0n) is 13.9. The largest absolute Gasteiger partial charge is 0.389 e. The van der Waals surface area contributed by atoms with E-state index in [1.807, 2.05) is 13.8 Å². The van der Waals surface area contributed by atoms with Gasteiger partial charge in [0.05, 0.1) is 18.8 Å². The first-order valence-electron chi connectivity index (χ1n) is 8.31. The van der Waals surface area contributed by atoms with Crippen LogP contribution in [0.2, 0.25) is 0 Å². The van der Waals surface area contributed by atoms with E-state index in [0.29, 0.717) is 13.2 Å². The molecule has 0 saturated heterocycles. The van der Waals surface area contributed by atoms with E-state index in [0.717, 1.165) is 13.1 Å². The van der Waals surface area contributed by atoms with Crippen molar-refractivity contribution in [2.45, 2.75) is 39.1 Å². The smallest absolute Gasteiger partial charge is 0.0900 e. The monoisotopic (exact) mass is 311 g/mol. The van der Waals surface area contributed by atoms with Crippen LogP contribution >= 0.6 is 0 Å². The Labute approximate surface area is 138 Å². The minimum atomic E-state index is -0.463. The lowest BCUT2D eigenvalue weighted by Crippen LogP contribution is -2.34. The molecule has 3 nitrogen and oxygen atoms in total. The van der Waals surface area contributed by atoms with Gasteiger partial charge in [-0.25, -0.2) is 0 Å². The summed E-state index contributed by atoms with van der Waals surface area (Å²) in [7, 11) is 0. The van der Waals surface area contributed by atoms with Crippen LogP contribution < -0.4 is 0 Å². The Hall–Kier alpha value is -1.68. The predicted octanol–water partition coefficient (Wildman–Crippen LogP) is 3.46. The van der Waals surface area contributed by atoms with Crippen LogP contribution in [0.25, 0.3) is 11.1 Å². The molecule has 0 fully saturated rings. The molecule has 0 bridgehead atoms. The van der Waals surface area contributed by atoms with Gasteiger partial charge in [0.1, 0.15) is 0 Å². The van der Waals surface area contributed by atoms with Gasteiger partial charge in [0.25, 0.3) is 0 Å². The maximum atomic E-state index is 10.3. The molecule has 1 aliphatic rings. The number of aliphatic hydroxyl groups excluding tert-OH is 1. The van der Waals surface area contributed by atoms with Crippen LogP contribution in [0, 0.1) is 0 Å². The van der Waals surface area contributed by atoms with E-state index in [4.69, 9.17) is 4.74 Å². The number of hydrogen-bond donors (Lipinski definition) is 1. The van der Waals surface area contributed by atoms with E-state index in [9.17, 15) is 5.11 Å². The molecular weight excluding hydrogens is 286 g/mol. The first kappa shape index (κ1) is 16.2. The second-order valence-electron chi connectivity index (χ2n) is 6.52. The van der Waals surface area contributed by atoms with Crippen molar-refractivity contribution in [1.29, 1.82) is 0 Å². The van der Waals surface area contributed by atoms with Gasteiger partial charge in [-0.1, -0.05) is 48.5 Å². The highest BCUT2D eigenvalue weighted by Crippen LogP contribution is 2.32. The second-order valence-corrected chi connectivity index (χ2v) is 6.52. The van der Waals surface area contributed by atoms with Crippen molar-refractivity contribution < 1.29 is 9.84 Å². The Morgan fingerprint density at radius 1 is 0.957 bits per heavy atom. The summed E-state index contributed by atoms with van der Waals surface area (Å²) in [5.74, 6) is 0. The molecule has 0 aliphatic carbocycles. The standard InChI is InChI=1S/C20H25NO2/c1-15(2)23-14-18(22)13-21-11-16-7-3-5-9-19(16)20-10-6-4-8-17(20)12-21/h3-10,15,18,22H,11-14H2,1-2H3. The maximum absolute atomic E-state index is 10.3. The number of β-amino-alcohol motifs (C(OH)–C–C–N with tert-alkyl or cyclic N) is 1. The van der Waals surface area contributed by atoms with Crippen molar-refractivity contribution in [2.75, 3.05) is 13.2 Å². The third-order valence-corrected chi connectivity index (χ3v) is 4.20. The Kier molecular flexibility index (Phi) is 5.11. The number of hydrogen-bond acceptors (Lipinski definition) is 3. The first-order chi connectivity index (χ1) is 11.1. The molecule has 1 heterocycles. The lowest BCUT2D eigenvalue weighted by Gasteiger charge is -2.24. The molecule has 0 aromatic heterocycles. The van der Waals surface area contributed by atoms with Crippen LogP contribution in [0.15, 0.2) is 48.5 Å². The molecule has 0 saturated carbocycles. The third-order valence-electron chi connectivity index (χ3n) is 4.20. The summed E-state index contributed by atoms with van der Waals surface area (Å²) in [6.45, 7) is 6.69. The highest BCUT2D eigenvalue weighted by atomic mass is 16.5. The Balaban J connectivity index is 1.81. The van der Waals surface area contributed by atoms with Crippen molar-refractivity contribution in [3.8, 4) is 11.1 Å². The normalized spacial score (nSPS) is 15.8. The van der Waals surface area contributed by atoms with Crippen molar-refractivity contribution >= 4 is 0 Å². The van der Waals surface area contributed by atoms with Crippen LogP contribution in [0.4, 0.5) is 0 Å². The summed E-state index contributed by atoms with van der Waals surface area (Å²) in [6, 6.07) is 17.1. The van der Waals surface area contributed by atoms with E-state index < -0.39 is 6.10 Å². The lowest BCUT2D eigenvalue weighted by atomic mass is 9.97. The Morgan fingerprint density at radius 3 is 2.00 bits per heavy atom. The summed E-state index contributed by atoms with van der Waals surface area (Å²) in [4.78, 5) is 2.30. The van der Waals surface area contributed by atoms with Crippen molar-refractivity contribution in [2.24, 2.45) is 0 Å². The summed E-state index contributed by atoms with van der Waals surface area (Å²) >= 11 is 0. The van der Waals surface area contributed by atoms with Gasteiger partial charge < -0.3 is 9.84 Å². The van der Waals surface area contributed by atoms with E-state index in [1.54, 1.807) is 0 Å². The molecular formula is C20H25NO2. The highest BCUT2D eigenvalue weighted by molar-refractivity contribution is 5.71. The summed E-state index contributed by atoms with van der Waals surface area (Å²) in [6.07, 6.45) is -0.315. The van der Waals surface area contributed by atoms with Gasteiger partial charge in [-0.15, -0.1) is 0 Å². The minimum absolute atomic E-state index is 0.148. The average molecular weight is 311 g/mol. The molecule has 122 valence electrons. The summed E-state index contributed by atoms with van der Waals surface area (Å²) in [5.41, 5.74) is 5.24. The molecule has 2 aromatic carbocycles. The molecule has 0 amide bonds. The molecule has 1 aliphatic heterocycles. The van der Waals surface area contributed by atoms with Crippen LogP contribution in [0.1, 0.15) is 25.0 Å². The molecule has 2 aromatic rings. The van der Waals surface area contributed by atoms with Crippen LogP contribution in [-0.2, 0) is 17.8 Å². The van der Waals surface area contributed by atoms with Gasteiger partial charge in [0.15, 0.2) is 0 Å². The summed E-state index contributed by atoms with van der Waals surface area (Å²) < 4.78 is 5.54. The fourth-order valence-electron chi connectivity index (χ4n) is 3.16. The third kappa shape index (κ3) is 3.99. The number of fused-ring (bicyclic) bond motifs is 3. The fraction of sp³-hybridized carbons (Fsp3) is 0.400. The molecule has 0 spiro atoms. The second kappa shape index (κ2) is 7.26. The number of rotatable bonds is 5. The Bertz CT molecular complexity index is 606. The van der Waals surface area contributed by atoms with Crippen LogP contribution in [0.3, 0.4) is 0 Å². The molecule has 3 heteroatoms. The van der Waals surface area contributed by atoms with Gasteiger partial charge in [-0.2, -0.15) is 0 Å². The summed E-state index contributed by atoms with van der Waals surface area (Å²) in [5, 5.41) is 10.3. The van der Waals surface area contributed by atoms with E-state index in [-0.39, 0.29) is 6.10 Å². The van der Waals surface area contributed by atoms with Gasteiger partial charge in [0, 0.05) is 19.6 Å². The van der Waals surface area contributed by atoms with Gasteiger partial charge in [-0.3, -0.25) is 4.90 Å². The number of nitrogens with zero attached hydrogens (tertiary/aromatic N) is 1. The molecule has 0 radical (unpaired) electrons. The molecule has 3 rings (SSSR count). The average Bonchev–Trinajstić information content (AvgIpc) is 2.69. The molecule has 23 heavy (non-hydrogen) atoms. The number of benzene rings is 2.